The third-order valence-electron chi connectivity index (χ3n) is 6.38. The minimum Gasteiger partial charge on any atom is -0.378 e. The number of nitrogens with zero attached hydrogens (tertiary/aromatic N) is 5. The fraction of sp³-hybridized carbons (Fsp3) is 0.440. The van der Waals surface area contributed by atoms with Crippen molar-refractivity contribution in [2.75, 3.05) is 44.1 Å². The van der Waals surface area contributed by atoms with Crippen LogP contribution in [-0.4, -0.2) is 74.4 Å². The lowest BCUT2D eigenvalue weighted by atomic mass is 10.0. The molecule has 1 N–H and O–H groups in total. The molecule has 1 amide bonds. The van der Waals surface area contributed by atoms with Gasteiger partial charge in [0.1, 0.15) is 10.9 Å². The van der Waals surface area contributed by atoms with Gasteiger partial charge in [0, 0.05) is 51.5 Å². The van der Waals surface area contributed by atoms with E-state index >= 15 is 0 Å². The van der Waals surface area contributed by atoms with Crippen LogP contribution in [0, 0.1) is 10.1 Å². The van der Waals surface area contributed by atoms with Crippen molar-refractivity contribution in [3.63, 3.8) is 0 Å². The minimum absolute atomic E-state index is 0.0892. The summed E-state index contributed by atoms with van der Waals surface area (Å²) in [7, 11) is -0.395. The predicted octanol–water partition coefficient (Wildman–Crippen LogP) is 3.52. The number of nitro groups is 1. The van der Waals surface area contributed by atoms with Crippen molar-refractivity contribution in [2.24, 2.45) is 5.10 Å². The van der Waals surface area contributed by atoms with Crippen LogP contribution in [0.5, 0.6) is 0 Å². The number of carbonyl (C=O) groups excluding carboxylic acids is 1. The van der Waals surface area contributed by atoms with E-state index in [9.17, 15) is 23.3 Å². The number of hydrogen-bond donors (Lipinski definition) is 1. The Hall–Kier alpha value is -3.51. The van der Waals surface area contributed by atoms with Gasteiger partial charge in [0.15, 0.2) is 0 Å². The molecule has 200 valence electrons. The molecule has 0 bridgehead atoms. The molecule has 1 saturated heterocycles. The van der Waals surface area contributed by atoms with Gasteiger partial charge < -0.3 is 9.80 Å². The fourth-order valence-electron chi connectivity index (χ4n) is 4.28. The lowest BCUT2D eigenvalue weighted by Gasteiger charge is -2.36. The number of sulfonamides is 1. The number of hydrazone groups is 1. The van der Waals surface area contributed by atoms with Crippen molar-refractivity contribution in [2.45, 2.75) is 44.0 Å². The standard InChI is InChI=1S/C25H34N6O5S/c1-5-29(6-2)25(32)23-9-7-8-16-30(23)37(35,36)24-17-21(31(33)34)14-15-22(24)27-26-18-19-10-12-20(13-11-19)28(3)4/h10-15,17-18,23,27H,5-9,16H2,1-4H3/b26-18-/t23-/m0/s1. The monoisotopic (exact) mass is 530 g/mol. The number of non-ortho nitro benzene ring substituents is 1. The smallest absolute Gasteiger partial charge is 0.270 e. The number of anilines is 2. The summed E-state index contributed by atoms with van der Waals surface area (Å²) in [4.78, 5) is 27.3. The minimum atomic E-state index is -4.26. The molecule has 1 fully saturated rings. The summed E-state index contributed by atoms with van der Waals surface area (Å²) < 4.78 is 28.9. The Morgan fingerprint density at radius 3 is 2.43 bits per heavy atom. The molecule has 2 aromatic carbocycles. The largest absolute Gasteiger partial charge is 0.378 e. The van der Waals surface area contributed by atoms with Crippen LogP contribution in [0.2, 0.25) is 0 Å². The molecule has 0 spiro atoms. The van der Waals surface area contributed by atoms with Gasteiger partial charge in [-0.25, -0.2) is 8.42 Å². The van der Waals surface area contributed by atoms with Crippen molar-refractivity contribution < 1.29 is 18.1 Å². The Bertz CT molecular complexity index is 1240. The van der Waals surface area contributed by atoms with E-state index in [2.05, 4.69) is 10.5 Å². The first-order valence-electron chi connectivity index (χ1n) is 12.3. The molecule has 2 aromatic rings. The van der Waals surface area contributed by atoms with Crippen LogP contribution in [-0.2, 0) is 14.8 Å². The van der Waals surface area contributed by atoms with Crippen LogP contribution >= 0.6 is 0 Å². The van der Waals surface area contributed by atoms with Gasteiger partial charge in [-0.3, -0.25) is 20.3 Å². The Morgan fingerprint density at radius 1 is 1.16 bits per heavy atom. The Balaban J connectivity index is 1.96. The van der Waals surface area contributed by atoms with Crippen LogP contribution < -0.4 is 10.3 Å². The summed E-state index contributed by atoms with van der Waals surface area (Å²) in [6.45, 7) is 4.78. The maximum Gasteiger partial charge on any atom is 0.270 e. The number of piperidine rings is 1. The molecular formula is C25H34N6O5S. The van der Waals surface area contributed by atoms with Gasteiger partial charge in [0.05, 0.1) is 16.8 Å². The highest BCUT2D eigenvalue weighted by molar-refractivity contribution is 7.89. The third kappa shape index (κ3) is 6.44. The SMILES string of the molecule is CCN(CC)C(=O)[C@@H]1CCCCN1S(=O)(=O)c1cc([N+](=O)[O-])ccc1N/N=C\c1ccc(N(C)C)cc1. The Kier molecular flexibility index (Phi) is 9.22. The van der Waals surface area contributed by atoms with E-state index in [0.717, 1.165) is 23.7 Å². The zero-order valence-corrected chi connectivity index (χ0v) is 22.4. The van der Waals surface area contributed by atoms with E-state index in [1.807, 2.05) is 57.1 Å². The number of rotatable bonds is 10. The molecule has 0 aliphatic carbocycles. The molecule has 3 rings (SSSR count). The van der Waals surface area contributed by atoms with E-state index in [-0.39, 0.29) is 28.7 Å². The van der Waals surface area contributed by atoms with Crippen molar-refractivity contribution >= 4 is 39.2 Å². The summed E-state index contributed by atoms with van der Waals surface area (Å²) in [6, 6.07) is 10.3. The Labute approximate surface area is 217 Å². The van der Waals surface area contributed by atoms with E-state index in [1.54, 1.807) is 4.90 Å². The number of carbonyl (C=O) groups is 1. The molecule has 1 aliphatic rings. The van der Waals surface area contributed by atoms with E-state index in [4.69, 9.17) is 0 Å². The van der Waals surface area contributed by atoms with Crippen LogP contribution in [0.4, 0.5) is 17.1 Å². The molecule has 1 aliphatic heterocycles. The second-order valence-electron chi connectivity index (χ2n) is 8.93. The molecule has 0 saturated carbocycles. The highest BCUT2D eigenvalue weighted by Gasteiger charge is 2.40. The maximum atomic E-state index is 13.9. The summed E-state index contributed by atoms with van der Waals surface area (Å²) in [5, 5.41) is 15.6. The maximum absolute atomic E-state index is 13.9. The van der Waals surface area contributed by atoms with E-state index < -0.39 is 21.0 Å². The Morgan fingerprint density at radius 2 is 1.84 bits per heavy atom. The third-order valence-corrected chi connectivity index (χ3v) is 8.33. The average Bonchev–Trinajstić information content (AvgIpc) is 2.89. The van der Waals surface area contributed by atoms with Crippen molar-refractivity contribution in [3.8, 4) is 0 Å². The van der Waals surface area contributed by atoms with Crippen molar-refractivity contribution in [1.82, 2.24) is 9.21 Å². The predicted molar refractivity (Wildman–Crippen MR) is 145 cm³/mol. The number of nitrogens with one attached hydrogen (secondary N) is 1. The van der Waals surface area contributed by atoms with Crippen LogP contribution in [0.3, 0.4) is 0 Å². The summed E-state index contributed by atoms with van der Waals surface area (Å²) in [6.07, 6.45) is 3.25. The van der Waals surface area contributed by atoms with Crippen LogP contribution in [0.15, 0.2) is 52.5 Å². The highest BCUT2D eigenvalue weighted by atomic mass is 32.2. The van der Waals surface area contributed by atoms with Gasteiger partial charge in [0.25, 0.3) is 5.69 Å². The van der Waals surface area contributed by atoms with Gasteiger partial charge in [-0.2, -0.15) is 9.41 Å². The van der Waals surface area contributed by atoms with Gasteiger partial charge in [-0.1, -0.05) is 18.6 Å². The zero-order chi connectivity index (χ0) is 27.2. The molecular weight excluding hydrogens is 496 g/mol. The first-order valence-corrected chi connectivity index (χ1v) is 13.7. The fourth-order valence-corrected chi connectivity index (χ4v) is 6.09. The van der Waals surface area contributed by atoms with Crippen LogP contribution in [0.25, 0.3) is 0 Å². The molecule has 12 heteroatoms. The number of amides is 1. The molecule has 0 unspecified atom stereocenters. The molecule has 1 atom stereocenters. The number of nitro benzene ring substituents is 1. The lowest BCUT2D eigenvalue weighted by molar-refractivity contribution is -0.385. The second-order valence-corrected chi connectivity index (χ2v) is 10.8. The molecule has 0 radical (unpaired) electrons. The van der Waals surface area contributed by atoms with Crippen LogP contribution in [0.1, 0.15) is 38.7 Å². The second kappa shape index (κ2) is 12.2. The van der Waals surface area contributed by atoms with Gasteiger partial charge >= 0.3 is 0 Å². The van der Waals surface area contributed by atoms with Gasteiger partial charge in [-0.05, 0) is 50.5 Å². The first kappa shape index (κ1) is 28.1. The first-order chi connectivity index (χ1) is 17.6. The quantitative estimate of drug-likeness (QED) is 0.283. The summed E-state index contributed by atoms with van der Waals surface area (Å²) >= 11 is 0. The number of likely N-dealkylation sites (N-methyl/N-ethyl adjacent to an activating group) is 1. The summed E-state index contributed by atoms with van der Waals surface area (Å²) in [5.41, 5.74) is 4.26. The van der Waals surface area contributed by atoms with E-state index in [0.29, 0.717) is 25.9 Å². The molecule has 11 nitrogen and oxygen atoms in total. The van der Waals surface area contributed by atoms with E-state index in [1.165, 1.54) is 22.7 Å². The molecule has 37 heavy (non-hydrogen) atoms. The normalized spacial score (nSPS) is 16.5. The number of benzene rings is 2. The van der Waals surface area contributed by atoms with Crippen molar-refractivity contribution in [1.29, 1.82) is 0 Å². The topological polar surface area (TPSA) is 128 Å². The highest BCUT2D eigenvalue weighted by Crippen LogP contribution is 2.33. The molecule has 0 aromatic heterocycles. The molecule has 1 heterocycles. The summed E-state index contributed by atoms with van der Waals surface area (Å²) in [5.74, 6) is -0.257. The zero-order valence-electron chi connectivity index (χ0n) is 21.6. The average molecular weight is 531 g/mol. The van der Waals surface area contributed by atoms with Gasteiger partial charge in [0.2, 0.25) is 15.9 Å². The lowest BCUT2D eigenvalue weighted by Crippen LogP contribution is -2.52. The van der Waals surface area contributed by atoms with Gasteiger partial charge in [-0.15, -0.1) is 0 Å². The van der Waals surface area contributed by atoms with Crippen molar-refractivity contribution in [3.05, 3.63) is 58.1 Å². The number of hydrogen-bond acceptors (Lipinski definition) is 8.